The van der Waals surface area contributed by atoms with E-state index in [4.69, 9.17) is 0 Å². The molecular weight excluding hydrogens is 281 g/mol. The smallest absolute Gasteiger partial charge is 0.141 e. The maximum atomic E-state index is 12.9. The molecule has 6 heteroatoms. The van der Waals surface area contributed by atoms with Crippen molar-refractivity contribution in [1.82, 2.24) is 15.0 Å². The Morgan fingerprint density at radius 1 is 1.23 bits per heavy atom. The van der Waals surface area contributed by atoms with Gasteiger partial charge < -0.3 is 10.2 Å². The molecule has 2 aromatic heterocycles. The average Bonchev–Trinajstić information content (AvgIpc) is 2.58. The molecule has 1 saturated heterocycles. The quantitative estimate of drug-likeness (QED) is 0.941. The lowest BCUT2D eigenvalue weighted by Gasteiger charge is -2.33. The van der Waals surface area contributed by atoms with Gasteiger partial charge in [0.2, 0.25) is 0 Å². The number of nitrogens with zero attached hydrogens (tertiary/aromatic N) is 4. The Hall–Kier alpha value is -2.24. The van der Waals surface area contributed by atoms with Crippen LogP contribution in [-0.2, 0) is 6.42 Å². The molecule has 1 aliphatic heterocycles. The number of aryl methyl sites for hydroxylation is 1. The summed E-state index contributed by atoms with van der Waals surface area (Å²) in [5, 5.41) is 3.37. The first-order valence-electron chi connectivity index (χ1n) is 7.68. The van der Waals surface area contributed by atoms with Crippen molar-refractivity contribution in [2.45, 2.75) is 32.2 Å². The molecule has 116 valence electrons. The first kappa shape index (κ1) is 14.7. The fraction of sp³-hybridized carbons (Fsp3) is 0.438. The highest BCUT2D eigenvalue weighted by Gasteiger charge is 2.20. The molecule has 1 N–H and O–H groups in total. The highest BCUT2D eigenvalue weighted by molar-refractivity contribution is 5.41. The van der Waals surface area contributed by atoms with E-state index in [1.165, 1.54) is 12.3 Å². The van der Waals surface area contributed by atoms with Crippen LogP contribution in [0.1, 0.15) is 25.5 Å². The summed E-state index contributed by atoms with van der Waals surface area (Å²) in [5.41, 5.74) is 1.07. The van der Waals surface area contributed by atoms with E-state index in [0.717, 1.165) is 49.7 Å². The summed E-state index contributed by atoms with van der Waals surface area (Å²) in [4.78, 5) is 15.0. The van der Waals surface area contributed by atoms with Crippen molar-refractivity contribution in [1.29, 1.82) is 0 Å². The monoisotopic (exact) mass is 301 g/mol. The van der Waals surface area contributed by atoms with Crippen molar-refractivity contribution in [3.8, 4) is 0 Å². The van der Waals surface area contributed by atoms with Crippen molar-refractivity contribution in [3.05, 3.63) is 42.2 Å². The van der Waals surface area contributed by atoms with Crippen LogP contribution in [0.5, 0.6) is 0 Å². The van der Waals surface area contributed by atoms with Gasteiger partial charge in [0.25, 0.3) is 0 Å². The Kier molecular flexibility index (Phi) is 4.46. The number of piperidine rings is 1. The first-order valence-corrected chi connectivity index (χ1v) is 7.68. The number of nitrogens with one attached hydrogen (secondary N) is 1. The summed E-state index contributed by atoms with van der Waals surface area (Å²) in [6.45, 7) is 3.98. The van der Waals surface area contributed by atoms with Crippen LogP contribution in [0, 0.1) is 5.82 Å². The fourth-order valence-electron chi connectivity index (χ4n) is 2.68. The molecule has 0 saturated carbocycles. The van der Waals surface area contributed by atoms with E-state index >= 15 is 0 Å². The van der Waals surface area contributed by atoms with Crippen LogP contribution in [0.15, 0.2) is 30.7 Å². The number of halogens is 1. The lowest BCUT2D eigenvalue weighted by Crippen LogP contribution is -2.39. The maximum absolute atomic E-state index is 12.9. The van der Waals surface area contributed by atoms with Gasteiger partial charge in [-0.15, -0.1) is 0 Å². The van der Waals surface area contributed by atoms with Gasteiger partial charge in [0, 0.05) is 30.9 Å². The second-order valence-electron chi connectivity index (χ2n) is 5.49. The Balaban J connectivity index is 1.56. The van der Waals surface area contributed by atoms with Gasteiger partial charge in [-0.05, 0) is 31.4 Å². The summed E-state index contributed by atoms with van der Waals surface area (Å²) < 4.78 is 12.9. The minimum Gasteiger partial charge on any atom is -0.367 e. The van der Waals surface area contributed by atoms with Crippen LogP contribution >= 0.6 is 0 Å². The van der Waals surface area contributed by atoms with E-state index in [9.17, 15) is 4.39 Å². The third-order valence-corrected chi connectivity index (χ3v) is 3.97. The molecule has 0 bridgehead atoms. The van der Waals surface area contributed by atoms with Gasteiger partial charge in [-0.2, -0.15) is 0 Å². The van der Waals surface area contributed by atoms with Crippen LogP contribution in [0.3, 0.4) is 0 Å². The number of hydrogen-bond acceptors (Lipinski definition) is 5. The van der Waals surface area contributed by atoms with Crippen molar-refractivity contribution in [3.63, 3.8) is 0 Å². The van der Waals surface area contributed by atoms with Gasteiger partial charge in [0.15, 0.2) is 0 Å². The predicted molar refractivity (Wildman–Crippen MR) is 84.5 cm³/mol. The predicted octanol–water partition coefficient (Wildman–Crippen LogP) is 2.65. The molecule has 2 aromatic rings. The number of aromatic nitrogens is 3. The molecule has 3 rings (SSSR count). The Labute approximate surface area is 129 Å². The molecule has 0 spiro atoms. The second kappa shape index (κ2) is 6.68. The molecule has 1 aliphatic rings. The standard InChI is InChI=1S/C16H20FN5/c1-2-13-9-16(20-11-19-13)22-7-5-14(6-8-22)21-15-4-3-12(17)10-18-15/h3-4,9-11,14H,2,5-8H2,1H3,(H,18,21). The summed E-state index contributed by atoms with van der Waals surface area (Å²) in [7, 11) is 0. The van der Waals surface area contributed by atoms with Crippen molar-refractivity contribution in [2.75, 3.05) is 23.3 Å². The molecular formula is C16H20FN5. The number of pyridine rings is 1. The normalized spacial score (nSPS) is 15.8. The molecule has 0 aliphatic carbocycles. The van der Waals surface area contributed by atoms with Crippen LogP contribution in [0.25, 0.3) is 0 Å². The minimum absolute atomic E-state index is 0.309. The molecule has 0 radical (unpaired) electrons. The van der Waals surface area contributed by atoms with E-state index in [1.54, 1.807) is 12.4 Å². The lowest BCUT2D eigenvalue weighted by atomic mass is 10.0. The molecule has 3 heterocycles. The summed E-state index contributed by atoms with van der Waals surface area (Å²) in [6.07, 6.45) is 5.81. The van der Waals surface area contributed by atoms with Crippen LogP contribution in [0.4, 0.5) is 16.0 Å². The first-order chi connectivity index (χ1) is 10.7. The van der Waals surface area contributed by atoms with E-state index in [1.807, 2.05) is 0 Å². The molecule has 0 aromatic carbocycles. The molecule has 0 atom stereocenters. The summed E-state index contributed by atoms with van der Waals surface area (Å²) >= 11 is 0. The zero-order valence-corrected chi connectivity index (χ0v) is 12.7. The van der Waals surface area contributed by atoms with Crippen molar-refractivity contribution in [2.24, 2.45) is 0 Å². The highest BCUT2D eigenvalue weighted by Crippen LogP contribution is 2.20. The molecule has 1 fully saturated rings. The van der Waals surface area contributed by atoms with Crippen LogP contribution in [-0.4, -0.2) is 34.1 Å². The Morgan fingerprint density at radius 3 is 2.73 bits per heavy atom. The van der Waals surface area contributed by atoms with Gasteiger partial charge in [0.1, 0.15) is 23.8 Å². The third-order valence-electron chi connectivity index (χ3n) is 3.97. The minimum atomic E-state index is -0.309. The summed E-state index contributed by atoms with van der Waals surface area (Å²) in [6, 6.07) is 5.54. The lowest BCUT2D eigenvalue weighted by molar-refractivity contribution is 0.521. The number of hydrogen-bond donors (Lipinski definition) is 1. The maximum Gasteiger partial charge on any atom is 0.141 e. The average molecular weight is 301 g/mol. The third kappa shape index (κ3) is 3.50. The zero-order chi connectivity index (χ0) is 15.4. The van der Waals surface area contributed by atoms with Gasteiger partial charge in [-0.25, -0.2) is 19.3 Å². The van der Waals surface area contributed by atoms with E-state index in [-0.39, 0.29) is 5.82 Å². The molecule has 0 amide bonds. The molecule has 22 heavy (non-hydrogen) atoms. The largest absolute Gasteiger partial charge is 0.367 e. The topological polar surface area (TPSA) is 53.9 Å². The SMILES string of the molecule is CCc1cc(N2CCC(Nc3ccc(F)cn3)CC2)ncn1. The van der Waals surface area contributed by atoms with E-state index < -0.39 is 0 Å². The Bertz CT molecular complexity index is 608. The number of rotatable bonds is 4. The fourth-order valence-corrected chi connectivity index (χ4v) is 2.68. The van der Waals surface area contributed by atoms with E-state index in [2.05, 4.69) is 38.2 Å². The second-order valence-corrected chi connectivity index (χ2v) is 5.49. The van der Waals surface area contributed by atoms with Crippen LogP contribution < -0.4 is 10.2 Å². The highest BCUT2D eigenvalue weighted by atomic mass is 19.1. The van der Waals surface area contributed by atoms with Crippen molar-refractivity contribution < 1.29 is 4.39 Å². The molecule has 0 unspecified atom stereocenters. The van der Waals surface area contributed by atoms with Crippen molar-refractivity contribution >= 4 is 11.6 Å². The summed E-state index contributed by atoms with van der Waals surface area (Å²) in [5.74, 6) is 1.43. The Morgan fingerprint density at radius 2 is 2.05 bits per heavy atom. The van der Waals surface area contributed by atoms with Gasteiger partial charge in [-0.3, -0.25) is 0 Å². The van der Waals surface area contributed by atoms with Gasteiger partial charge in [0.05, 0.1) is 6.20 Å². The molecule has 5 nitrogen and oxygen atoms in total. The number of anilines is 2. The van der Waals surface area contributed by atoms with E-state index in [0.29, 0.717) is 6.04 Å². The van der Waals surface area contributed by atoms with Crippen LogP contribution in [0.2, 0.25) is 0 Å². The van der Waals surface area contributed by atoms with Gasteiger partial charge >= 0.3 is 0 Å². The van der Waals surface area contributed by atoms with Gasteiger partial charge in [-0.1, -0.05) is 6.92 Å². The zero-order valence-electron chi connectivity index (χ0n) is 12.7.